The molecule has 0 aliphatic carbocycles. The molecule has 0 saturated carbocycles. The van der Waals surface area contributed by atoms with Crippen LogP contribution in [-0.2, 0) is 6.54 Å². The van der Waals surface area contributed by atoms with Crippen molar-refractivity contribution in [2.45, 2.75) is 26.3 Å². The van der Waals surface area contributed by atoms with Crippen molar-refractivity contribution >= 4 is 16.4 Å². The zero-order valence-electron chi connectivity index (χ0n) is 10.2. The van der Waals surface area contributed by atoms with Crippen LogP contribution in [0.1, 0.15) is 19.8 Å². The van der Waals surface area contributed by atoms with Crippen molar-refractivity contribution in [1.82, 2.24) is 19.4 Å². The molecule has 0 spiro atoms. The molecule has 0 aliphatic rings. The van der Waals surface area contributed by atoms with Crippen LogP contribution in [0.4, 0.5) is 0 Å². The van der Waals surface area contributed by atoms with Gasteiger partial charge in [-0.15, -0.1) is 10.2 Å². The van der Waals surface area contributed by atoms with Gasteiger partial charge in [-0.05, 0) is 12.5 Å². The van der Waals surface area contributed by atoms with Crippen molar-refractivity contribution in [1.29, 1.82) is 0 Å². The van der Waals surface area contributed by atoms with Gasteiger partial charge in [-0.2, -0.15) is 0 Å². The van der Waals surface area contributed by atoms with Crippen molar-refractivity contribution in [2.75, 3.05) is 0 Å². The summed E-state index contributed by atoms with van der Waals surface area (Å²) in [6.45, 7) is 2.80. The van der Waals surface area contributed by atoms with E-state index < -0.39 is 0 Å². The van der Waals surface area contributed by atoms with Gasteiger partial charge in [0.25, 0.3) is 5.56 Å². The van der Waals surface area contributed by atoms with Crippen molar-refractivity contribution in [2.24, 2.45) is 0 Å². The third-order valence-corrected chi connectivity index (χ3v) is 3.15. The van der Waals surface area contributed by atoms with Gasteiger partial charge >= 0.3 is 0 Å². The molecule has 18 heavy (non-hydrogen) atoms. The summed E-state index contributed by atoms with van der Waals surface area (Å²) >= 11 is 0. The van der Waals surface area contributed by atoms with Gasteiger partial charge in [0.15, 0.2) is 5.65 Å². The third-order valence-electron chi connectivity index (χ3n) is 3.15. The average molecular weight is 242 g/mol. The van der Waals surface area contributed by atoms with E-state index >= 15 is 0 Å². The minimum atomic E-state index is 0.0198. The number of hydrogen-bond donors (Lipinski definition) is 0. The van der Waals surface area contributed by atoms with E-state index in [1.165, 1.54) is 0 Å². The minimum absolute atomic E-state index is 0.0198. The number of fused-ring (bicyclic) bond motifs is 3. The molecule has 0 fully saturated rings. The number of rotatable bonds is 3. The van der Waals surface area contributed by atoms with Crippen LogP contribution in [0.15, 0.2) is 35.4 Å². The van der Waals surface area contributed by atoms with Gasteiger partial charge < -0.3 is 0 Å². The fourth-order valence-corrected chi connectivity index (χ4v) is 2.20. The lowest BCUT2D eigenvalue weighted by Gasteiger charge is -2.09. The smallest absolute Gasteiger partial charge is 0.267 e. The van der Waals surface area contributed by atoms with Gasteiger partial charge in [0, 0.05) is 11.9 Å². The molecule has 3 aromatic rings. The number of benzene rings is 1. The molecular formula is C13H14N4O. The van der Waals surface area contributed by atoms with Gasteiger partial charge in [0.05, 0.1) is 5.39 Å². The number of hydrogen-bond acceptors (Lipinski definition) is 3. The van der Waals surface area contributed by atoms with Crippen molar-refractivity contribution < 1.29 is 0 Å². The largest absolute Gasteiger partial charge is 0.273 e. The maximum Gasteiger partial charge on any atom is 0.273 e. The maximum atomic E-state index is 12.4. The summed E-state index contributed by atoms with van der Waals surface area (Å²) < 4.78 is 3.46. The monoisotopic (exact) mass is 242 g/mol. The second-order valence-electron chi connectivity index (χ2n) is 4.33. The highest BCUT2D eigenvalue weighted by molar-refractivity contribution is 5.92. The van der Waals surface area contributed by atoms with E-state index in [1.807, 2.05) is 24.3 Å². The highest BCUT2D eigenvalue weighted by Gasteiger charge is 2.10. The molecule has 0 aliphatic heterocycles. The van der Waals surface area contributed by atoms with Crippen molar-refractivity contribution in [3.05, 3.63) is 40.9 Å². The molecule has 1 aromatic carbocycles. The number of aromatic nitrogens is 4. The fraction of sp³-hybridized carbons (Fsp3) is 0.308. The summed E-state index contributed by atoms with van der Waals surface area (Å²) in [5.41, 5.74) is 0.757. The lowest BCUT2D eigenvalue weighted by atomic mass is 10.2. The summed E-state index contributed by atoms with van der Waals surface area (Å²) in [7, 11) is 0. The van der Waals surface area contributed by atoms with E-state index in [-0.39, 0.29) is 5.56 Å². The Morgan fingerprint density at radius 2 is 2.00 bits per heavy atom. The van der Waals surface area contributed by atoms with Crippen LogP contribution in [0, 0.1) is 0 Å². The van der Waals surface area contributed by atoms with Crippen LogP contribution in [0.2, 0.25) is 0 Å². The molecule has 0 unspecified atom stereocenters. The number of aryl methyl sites for hydroxylation is 1. The first-order valence-corrected chi connectivity index (χ1v) is 6.14. The second kappa shape index (κ2) is 4.25. The van der Waals surface area contributed by atoms with Crippen LogP contribution in [0.5, 0.6) is 0 Å². The highest BCUT2D eigenvalue weighted by atomic mass is 16.1. The average Bonchev–Trinajstić information content (AvgIpc) is 2.88. The molecule has 0 saturated heterocycles. The van der Waals surface area contributed by atoms with Crippen LogP contribution in [0.3, 0.4) is 0 Å². The topological polar surface area (TPSA) is 52.2 Å². The molecule has 5 nitrogen and oxygen atoms in total. The number of unbranched alkanes of at least 4 members (excludes halogenated alkanes) is 1. The van der Waals surface area contributed by atoms with E-state index in [2.05, 4.69) is 17.1 Å². The van der Waals surface area contributed by atoms with Crippen LogP contribution in [-0.4, -0.2) is 19.4 Å². The quantitative estimate of drug-likeness (QED) is 0.704. The van der Waals surface area contributed by atoms with Crippen LogP contribution < -0.4 is 5.56 Å². The maximum absolute atomic E-state index is 12.4. The Labute approximate surface area is 104 Å². The van der Waals surface area contributed by atoms with E-state index in [1.54, 1.807) is 15.5 Å². The van der Waals surface area contributed by atoms with Crippen molar-refractivity contribution in [3.8, 4) is 0 Å². The first-order valence-electron chi connectivity index (χ1n) is 6.14. The lowest BCUT2D eigenvalue weighted by Crippen LogP contribution is -2.26. The van der Waals surface area contributed by atoms with Crippen LogP contribution >= 0.6 is 0 Å². The minimum Gasteiger partial charge on any atom is -0.267 e. The molecule has 0 atom stereocenters. The molecule has 0 amide bonds. The first-order chi connectivity index (χ1) is 8.83. The summed E-state index contributed by atoms with van der Waals surface area (Å²) in [5.74, 6) is 0. The highest BCUT2D eigenvalue weighted by Crippen LogP contribution is 2.14. The van der Waals surface area contributed by atoms with E-state index in [4.69, 9.17) is 0 Å². The van der Waals surface area contributed by atoms with Gasteiger partial charge in [-0.3, -0.25) is 4.79 Å². The van der Waals surface area contributed by atoms with Gasteiger partial charge in [-0.1, -0.05) is 31.5 Å². The molecule has 2 heterocycles. The third kappa shape index (κ3) is 1.51. The Kier molecular flexibility index (Phi) is 2.59. The molecule has 5 heteroatoms. The van der Waals surface area contributed by atoms with Crippen LogP contribution in [0.25, 0.3) is 16.4 Å². The fourth-order valence-electron chi connectivity index (χ4n) is 2.20. The van der Waals surface area contributed by atoms with E-state index in [0.29, 0.717) is 11.9 Å². The zero-order chi connectivity index (χ0) is 12.5. The Balaban J connectivity index is 2.41. The lowest BCUT2D eigenvalue weighted by molar-refractivity contribution is 0.521. The van der Waals surface area contributed by atoms with Gasteiger partial charge in [0.1, 0.15) is 6.33 Å². The summed E-state index contributed by atoms with van der Waals surface area (Å²) in [4.78, 5) is 12.4. The Morgan fingerprint density at radius 3 is 2.78 bits per heavy atom. The van der Waals surface area contributed by atoms with Gasteiger partial charge in [0.2, 0.25) is 0 Å². The zero-order valence-corrected chi connectivity index (χ0v) is 10.2. The predicted molar refractivity (Wildman–Crippen MR) is 69.7 cm³/mol. The molecule has 0 bridgehead atoms. The molecular weight excluding hydrogens is 228 g/mol. The van der Waals surface area contributed by atoms with Crippen molar-refractivity contribution in [3.63, 3.8) is 0 Å². The molecule has 0 N–H and O–H groups in total. The SMILES string of the molecule is CCCCn1c(=O)c2ccccc2c2nncn21. The van der Waals surface area contributed by atoms with E-state index in [0.717, 1.165) is 23.9 Å². The van der Waals surface area contributed by atoms with E-state index in [9.17, 15) is 4.79 Å². The Hall–Kier alpha value is -2.17. The molecule has 0 radical (unpaired) electrons. The summed E-state index contributed by atoms with van der Waals surface area (Å²) in [6, 6.07) is 7.54. The second-order valence-corrected chi connectivity index (χ2v) is 4.33. The molecule has 3 rings (SSSR count). The molecule has 92 valence electrons. The standard InChI is InChI=1S/C13H14N4O/c1-2-3-8-16-13(18)11-7-5-4-6-10(11)12-15-14-9-17(12)16/h4-7,9H,2-3,8H2,1H3. The summed E-state index contributed by atoms with van der Waals surface area (Å²) in [5, 5.41) is 9.58. The molecule has 2 aromatic heterocycles. The summed E-state index contributed by atoms with van der Waals surface area (Å²) in [6.07, 6.45) is 3.60. The number of nitrogens with zero attached hydrogens (tertiary/aromatic N) is 4. The Morgan fingerprint density at radius 1 is 1.22 bits per heavy atom. The first kappa shape index (κ1) is 11.0. The normalized spacial score (nSPS) is 11.4. The predicted octanol–water partition coefficient (Wildman–Crippen LogP) is 1.84. The Bertz CT molecular complexity index is 756. The van der Waals surface area contributed by atoms with Gasteiger partial charge in [-0.25, -0.2) is 9.20 Å².